The number of methoxy groups -OCH3 is 1. The van der Waals surface area contributed by atoms with Gasteiger partial charge in [0.1, 0.15) is 5.69 Å². The molecule has 0 spiro atoms. The van der Waals surface area contributed by atoms with E-state index in [1.165, 1.54) is 13.3 Å². The lowest BCUT2D eigenvalue weighted by Gasteiger charge is -2.14. The lowest BCUT2D eigenvalue weighted by molar-refractivity contribution is 0.0691. The number of carbonyl (C=O) groups is 1. The van der Waals surface area contributed by atoms with Gasteiger partial charge in [0.05, 0.1) is 22.7 Å². The summed E-state index contributed by atoms with van der Waals surface area (Å²) in [5, 5.41) is 14.7. The Balaban J connectivity index is 2.44. The second kappa shape index (κ2) is 6.59. The van der Waals surface area contributed by atoms with E-state index >= 15 is 0 Å². The first-order valence-corrected chi connectivity index (χ1v) is 7.81. The van der Waals surface area contributed by atoms with Gasteiger partial charge in [-0.05, 0) is 24.6 Å². The number of pyridine rings is 1. The van der Waals surface area contributed by atoms with E-state index in [-0.39, 0.29) is 12.2 Å². The fourth-order valence-electron chi connectivity index (χ4n) is 2.80. The van der Waals surface area contributed by atoms with Gasteiger partial charge in [0.25, 0.3) is 0 Å². The fraction of sp³-hybridized carbons (Fsp3) is 0.235. The SMILES string of the molecule is CCc1ccc2c(-c3cncc(Cl)c3)c(C(=O)O)c(COC)nn12. The van der Waals surface area contributed by atoms with E-state index in [0.29, 0.717) is 27.4 Å². The Hall–Kier alpha value is -2.44. The standard InChI is InChI=1S/C17H16ClN3O3/c1-3-12-4-5-14-15(10-6-11(18)8-19-7-10)16(17(22)23)13(9-24-2)20-21(12)14/h4-8H,3,9H2,1-2H3,(H,22,23). The first kappa shape index (κ1) is 16.4. The highest BCUT2D eigenvalue weighted by molar-refractivity contribution is 6.30. The van der Waals surface area contributed by atoms with Gasteiger partial charge in [0, 0.05) is 36.3 Å². The predicted molar refractivity (Wildman–Crippen MR) is 90.5 cm³/mol. The molecule has 3 rings (SSSR count). The van der Waals surface area contributed by atoms with Crippen molar-refractivity contribution in [1.29, 1.82) is 0 Å². The zero-order chi connectivity index (χ0) is 17.3. The number of fused-ring (bicyclic) bond motifs is 1. The van der Waals surface area contributed by atoms with Crippen LogP contribution in [-0.2, 0) is 17.8 Å². The molecule has 1 N–H and O–H groups in total. The number of aromatic nitrogens is 3. The summed E-state index contributed by atoms with van der Waals surface area (Å²) in [4.78, 5) is 16.0. The first-order valence-electron chi connectivity index (χ1n) is 7.43. The summed E-state index contributed by atoms with van der Waals surface area (Å²) in [5.41, 5.74) is 3.32. The Bertz CT molecular complexity index is 921. The van der Waals surface area contributed by atoms with Crippen molar-refractivity contribution in [3.05, 3.63) is 52.6 Å². The summed E-state index contributed by atoms with van der Waals surface area (Å²) in [6.07, 6.45) is 3.88. The van der Waals surface area contributed by atoms with Crippen LogP contribution in [0.1, 0.15) is 28.7 Å². The minimum atomic E-state index is -1.06. The molecule has 3 aromatic rings. The van der Waals surface area contributed by atoms with Crippen molar-refractivity contribution in [3.8, 4) is 11.1 Å². The summed E-state index contributed by atoms with van der Waals surface area (Å²) in [6.45, 7) is 2.12. The molecule has 0 radical (unpaired) electrons. The number of nitrogens with zero attached hydrogens (tertiary/aromatic N) is 3. The van der Waals surface area contributed by atoms with Crippen LogP contribution in [0.2, 0.25) is 5.02 Å². The lowest BCUT2D eigenvalue weighted by atomic mass is 10.00. The molecular formula is C17H16ClN3O3. The number of aromatic carboxylic acids is 1. The summed E-state index contributed by atoms with van der Waals surface area (Å²) >= 11 is 6.05. The molecule has 7 heteroatoms. The van der Waals surface area contributed by atoms with Crippen molar-refractivity contribution >= 4 is 23.1 Å². The molecule has 0 amide bonds. The van der Waals surface area contributed by atoms with Crippen LogP contribution in [0.3, 0.4) is 0 Å². The predicted octanol–water partition coefficient (Wildman–Crippen LogP) is 3.46. The van der Waals surface area contributed by atoms with Gasteiger partial charge < -0.3 is 9.84 Å². The van der Waals surface area contributed by atoms with E-state index in [4.69, 9.17) is 16.3 Å². The molecule has 0 aliphatic rings. The number of rotatable bonds is 5. The van der Waals surface area contributed by atoms with Gasteiger partial charge in [0.2, 0.25) is 0 Å². The monoisotopic (exact) mass is 345 g/mol. The summed E-state index contributed by atoms with van der Waals surface area (Å²) in [6, 6.07) is 5.50. The van der Waals surface area contributed by atoms with Crippen LogP contribution in [0.5, 0.6) is 0 Å². The first-order chi connectivity index (χ1) is 11.6. The molecule has 0 saturated carbocycles. The van der Waals surface area contributed by atoms with Crippen molar-refractivity contribution in [2.45, 2.75) is 20.0 Å². The maximum Gasteiger partial charge on any atom is 0.338 e. The molecule has 0 bridgehead atoms. The van der Waals surface area contributed by atoms with Crippen LogP contribution in [0.25, 0.3) is 16.6 Å². The van der Waals surface area contributed by atoms with E-state index in [9.17, 15) is 9.90 Å². The average Bonchev–Trinajstić information content (AvgIpc) is 2.96. The van der Waals surface area contributed by atoms with Gasteiger partial charge in [-0.15, -0.1) is 0 Å². The summed E-state index contributed by atoms with van der Waals surface area (Å²) in [7, 11) is 1.51. The summed E-state index contributed by atoms with van der Waals surface area (Å²) < 4.78 is 6.91. The fourth-order valence-corrected chi connectivity index (χ4v) is 2.97. The molecule has 0 saturated heterocycles. The van der Waals surface area contributed by atoms with Gasteiger partial charge in [-0.1, -0.05) is 18.5 Å². The zero-order valence-corrected chi connectivity index (χ0v) is 14.0. The smallest absolute Gasteiger partial charge is 0.338 e. The van der Waals surface area contributed by atoms with Crippen LogP contribution in [0.4, 0.5) is 0 Å². The molecule has 0 fully saturated rings. The highest BCUT2D eigenvalue weighted by Gasteiger charge is 2.23. The molecule has 0 aliphatic heterocycles. The highest BCUT2D eigenvalue weighted by atomic mass is 35.5. The van der Waals surface area contributed by atoms with Crippen LogP contribution in [-0.4, -0.2) is 32.8 Å². The maximum absolute atomic E-state index is 11.9. The van der Waals surface area contributed by atoms with Crippen molar-refractivity contribution in [3.63, 3.8) is 0 Å². The Morgan fingerprint density at radius 1 is 1.38 bits per heavy atom. The minimum Gasteiger partial charge on any atom is -0.478 e. The van der Waals surface area contributed by atoms with Gasteiger partial charge in [-0.3, -0.25) is 4.98 Å². The van der Waals surface area contributed by atoms with Gasteiger partial charge in [0.15, 0.2) is 0 Å². The van der Waals surface area contributed by atoms with Gasteiger partial charge in [-0.25, -0.2) is 9.31 Å². The topological polar surface area (TPSA) is 76.7 Å². The minimum absolute atomic E-state index is 0.0971. The van der Waals surface area contributed by atoms with Crippen molar-refractivity contribution in [2.24, 2.45) is 0 Å². The Morgan fingerprint density at radius 3 is 2.79 bits per heavy atom. The van der Waals surface area contributed by atoms with E-state index < -0.39 is 5.97 Å². The van der Waals surface area contributed by atoms with Gasteiger partial charge in [-0.2, -0.15) is 5.10 Å². The molecule has 0 atom stereocenters. The third-order valence-electron chi connectivity index (χ3n) is 3.80. The molecule has 3 aromatic heterocycles. The second-order valence-corrected chi connectivity index (χ2v) is 5.74. The molecule has 0 unspecified atom stereocenters. The third kappa shape index (κ3) is 2.74. The molecule has 6 nitrogen and oxygen atoms in total. The van der Waals surface area contributed by atoms with Crippen LogP contribution < -0.4 is 0 Å². The Morgan fingerprint density at radius 2 is 2.17 bits per heavy atom. The Labute approximate surface area is 143 Å². The van der Waals surface area contributed by atoms with Crippen LogP contribution in [0.15, 0.2) is 30.6 Å². The number of carboxylic acids is 1. The number of aryl methyl sites for hydroxylation is 1. The van der Waals surface area contributed by atoms with Crippen molar-refractivity contribution < 1.29 is 14.6 Å². The molecule has 0 aliphatic carbocycles. The molecule has 0 aromatic carbocycles. The molecule has 3 heterocycles. The normalized spacial score (nSPS) is 11.1. The van der Waals surface area contributed by atoms with Gasteiger partial charge >= 0.3 is 5.97 Å². The number of hydrogen-bond donors (Lipinski definition) is 1. The second-order valence-electron chi connectivity index (χ2n) is 5.30. The van der Waals surface area contributed by atoms with Crippen molar-refractivity contribution in [2.75, 3.05) is 7.11 Å². The van der Waals surface area contributed by atoms with Crippen LogP contribution in [0, 0.1) is 0 Å². The number of carboxylic acid groups (broad SMARTS) is 1. The number of hydrogen-bond acceptors (Lipinski definition) is 4. The van der Waals surface area contributed by atoms with Crippen molar-refractivity contribution in [1.82, 2.24) is 14.6 Å². The number of halogens is 1. The zero-order valence-electron chi connectivity index (χ0n) is 13.3. The van der Waals surface area contributed by atoms with E-state index in [1.807, 2.05) is 19.1 Å². The average molecular weight is 346 g/mol. The highest BCUT2D eigenvalue weighted by Crippen LogP contribution is 2.32. The van der Waals surface area contributed by atoms with E-state index in [0.717, 1.165) is 12.1 Å². The molecule has 24 heavy (non-hydrogen) atoms. The summed E-state index contributed by atoms with van der Waals surface area (Å²) in [5.74, 6) is -1.06. The molecular weight excluding hydrogens is 330 g/mol. The number of ether oxygens (including phenoxy) is 1. The Kier molecular flexibility index (Phi) is 4.51. The quantitative estimate of drug-likeness (QED) is 0.766. The molecule has 124 valence electrons. The maximum atomic E-state index is 11.9. The van der Waals surface area contributed by atoms with Crippen LogP contribution >= 0.6 is 11.6 Å². The lowest BCUT2D eigenvalue weighted by Crippen LogP contribution is -2.13. The largest absolute Gasteiger partial charge is 0.478 e. The third-order valence-corrected chi connectivity index (χ3v) is 4.01. The van der Waals surface area contributed by atoms with E-state index in [2.05, 4.69) is 10.1 Å². The van der Waals surface area contributed by atoms with E-state index in [1.54, 1.807) is 16.8 Å².